The van der Waals surface area contributed by atoms with Crippen molar-refractivity contribution in [1.29, 1.82) is 0 Å². The number of morpholine rings is 1. The molecule has 2 heterocycles. The molecule has 2 unspecified atom stereocenters. The minimum atomic E-state index is 0.0529. The van der Waals surface area contributed by atoms with Gasteiger partial charge in [0.05, 0.1) is 35.9 Å². The number of hydrogen-bond donors (Lipinski definition) is 0. The molecular weight excluding hydrogens is 466 g/mol. The fourth-order valence-electron chi connectivity index (χ4n) is 4.74. The third-order valence-corrected chi connectivity index (χ3v) is 7.27. The van der Waals surface area contributed by atoms with Gasteiger partial charge in [-0.3, -0.25) is 4.79 Å². The fourth-order valence-corrected chi connectivity index (χ4v) is 5.64. The van der Waals surface area contributed by atoms with Gasteiger partial charge in [-0.1, -0.05) is 103 Å². The quantitative estimate of drug-likeness (QED) is 0.294. The second-order valence-corrected chi connectivity index (χ2v) is 10.2. The lowest BCUT2D eigenvalue weighted by atomic mass is 10.0. The molecule has 36 heavy (non-hydrogen) atoms. The summed E-state index contributed by atoms with van der Waals surface area (Å²) in [5, 5.41) is 0.847. The van der Waals surface area contributed by atoms with Crippen LogP contribution in [0.5, 0.6) is 0 Å². The molecule has 0 radical (unpaired) electrons. The topological polar surface area (TPSA) is 47.4 Å². The van der Waals surface area contributed by atoms with E-state index in [1.165, 1.54) is 17.3 Å². The highest BCUT2D eigenvalue weighted by atomic mass is 32.2. The lowest BCUT2D eigenvalue weighted by Crippen LogP contribution is -2.48. The highest BCUT2D eigenvalue weighted by Gasteiger charge is 2.27. The number of rotatable bonds is 7. The van der Waals surface area contributed by atoms with E-state index in [1.807, 2.05) is 49.1 Å². The molecule has 5 rings (SSSR count). The zero-order valence-corrected chi connectivity index (χ0v) is 21.5. The van der Waals surface area contributed by atoms with Crippen LogP contribution in [0.15, 0.2) is 96.2 Å². The van der Waals surface area contributed by atoms with Crippen LogP contribution in [0.4, 0.5) is 0 Å². The lowest BCUT2D eigenvalue weighted by Gasteiger charge is -2.35. The van der Waals surface area contributed by atoms with Crippen LogP contribution in [0.1, 0.15) is 19.4 Å². The van der Waals surface area contributed by atoms with Gasteiger partial charge in [0.15, 0.2) is 5.16 Å². The number of benzene rings is 3. The normalized spacial score (nSPS) is 17.8. The number of carbonyl (C=O) groups is 1. The Morgan fingerprint density at radius 1 is 0.861 bits per heavy atom. The molecule has 4 aromatic rings. The number of ether oxygens (including phenoxy) is 1. The molecule has 0 aliphatic carbocycles. The number of hydrogen-bond acceptors (Lipinski definition) is 4. The van der Waals surface area contributed by atoms with Gasteiger partial charge < -0.3 is 14.2 Å². The van der Waals surface area contributed by atoms with Crippen molar-refractivity contribution in [1.82, 2.24) is 14.5 Å². The summed E-state index contributed by atoms with van der Waals surface area (Å²) in [6, 6.07) is 31.1. The van der Waals surface area contributed by atoms with Gasteiger partial charge in [-0.15, -0.1) is 0 Å². The third-order valence-electron chi connectivity index (χ3n) is 6.31. The Bertz CT molecular complexity index is 1280. The summed E-state index contributed by atoms with van der Waals surface area (Å²) in [7, 11) is 0. The van der Waals surface area contributed by atoms with Crippen molar-refractivity contribution in [3.05, 3.63) is 96.6 Å². The van der Waals surface area contributed by atoms with Crippen molar-refractivity contribution >= 4 is 17.7 Å². The van der Waals surface area contributed by atoms with E-state index in [9.17, 15) is 4.79 Å². The predicted octanol–water partition coefficient (Wildman–Crippen LogP) is 5.99. The number of thioether (sulfide) groups is 1. The summed E-state index contributed by atoms with van der Waals surface area (Å²) >= 11 is 1.51. The fraction of sp³-hybridized carbons (Fsp3) is 0.267. The Kier molecular flexibility index (Phi) is 7.54. The molecule has 0 spiro atoms. The summed E-state index contributed by atoms with van der Waals surface area (Å²) in [5.41, 5.74) is 5.35. The molecule has 3 aromatic carbocycles. The molecule has 5 nitrogen and oxygen atoms in total. The van der Waals surface area contributed by atoms with Crippen LogP contribution in [0.2, 0.25) is 0 Å². The summed E-state index contributed by atoms with van der Waals surface area (Å²) in [6.07, 6.45) is 0.106. The minimum Gasteiger partial charge on any atom is -0.372 e. The summed E-state index contributed by atoms with van der Waals surface area (Å²) < 4.78 is 8.07. The van der Waals surface area contributed by atoms with Crippen LogP contribution in [-0.4, -0.2) is 51.4 Å². The van der Waals surface area contributed by atoms with Crippen LogP contribution >= 0.6 is 11.8 Å². The van der Waals surface area contributed by atoms with E-state index < -0.39 is 0 Å². The van der Waals surface area contributed by atoms with Gasteiger partial charge in [-0.25, -0.2) is 4.98 Å². The van der Waals surface area contributed by atoms with Crippen LogP contribution < -0.4 is 0 Å². The molecule has 6 heteroatoms. The molecule has 1 aliphatic heterocycles. The van der Waals surface area contributed by atoms with Crippen molar-refractivity contribution in [3.8, 4) is 22.5 Å². The highest BCUT2D eigenvalue weighted by molar-refractivity contribution is 7.99. The molecular formula is C30H31N3O2S. The molecule has 1 fully saturated rings. The SMILES string of the molecule is CC1CN(C(=O)CSc2nc(-c3ccccc3)c(-c3ccccc3)n2Cc2ccccc2)CC(C)O1. The first-order valence-electron chi connectivity index (χ1n) is 12.4. The van der Waals surface area contributed by atoms with Crippen molar-refractivity contribution < 1.29 is 9.53 Å². The van der Waals surface area contributed by atoms with Crippen molar-refractivity contribution in [2.45, 2.75) is 37.8 Å². The summed E-state index contributed by atoms with van der Waals surface area (Å²) in [4.78, 5) is 20.2. The number of imidazole rings is 1. The molecule has 0 saturated carbocycles. The Morgan fingerprint density at radius 3 is 2.03 bits per heavy atom. The largest absolute Gasteiger partial charge is 0.372 e. The molecule has 0 bridgehead atoms. The van der Waals surface area contributed by atoms with Gasteiger partial charge in [0.1, 0.15) is 0 Å². The zero-order chi connectivity index (χ0) is 24.9. The highest BCUT2D eigenvalue weighted by Crippen LogP contribution is 2.36. The summed E-state index contributed by atoms with van der Waals surface area (Å²) in [6.45, 7) is 5.98. The number of nitrogens with zero attached hydrogens (tertiary/aromatic N) is 3. The second-order valence-electron chi connectivity index (χ2n) is 9.24. The maximum absolute atomic E-state index is 13.2. The average molecular weight is 498 g/mol. The Balaban J connectivity index is 1.53. The predicted molar refractivity (Wildman–Crippen MR) is 146 cm³/mol. The molecule has 1 aliphatic rings. The van der Waals surface area contributed by atoms with Gasteiger partial charge in [0.2, 0.25) is 5.91 Å². The van der Waals surface area contributed by atoms with E-state index in [4.69, 9.17) is 9.72 Å². The molecule has 1 amide bonds. The van der Waals surface area contributed by atoms with Crippen LogP contribution in [0.25, 0.3) is 22.5 Å². The first-order valence-corrected chi connectivity index (χ1v) is 13.4. The smallest absolute Gasteiger partial charge is 0.233 e. The minimum absolute atomic E-state index is 0.0529. The number of amides is 1. The van der Waals surface area contributed by atoms with Gasteiger partial charge in [0, 0.05) is 24.2 Å². The Hall–Kier alpha value is -3.35. The van der Waals surface area contributed by atoms with Crippen LogP contribution in [-0.2, 0) is 16.1 Å². The lowest BCUT2D eigenvalue weighted by molar-refractivity contribution is -0.140. The summed E-state index contributed by atoms with van der Waals surface area (Å²) in [5.74, 6) is 0.465. The van der Waals surface area contributed by atoms with E-state index in [1.54, 1.807) is 0 Å². The van der Waals surface area contributed by atoms with Crippen molar-refractivity contribution in [3.63, 3.8) is 0 Å². The van der Waals surface area contributed by atoms with Crippen LogP contribution in [0, 0.1) is 0 Å². The van der Waals surface area contributed by atoms with Gasteiger partial charge in [0.25, 0.3) is 0 Å². The maximum Gasteiger partial charge on any atom is 0.233 e. The van der Waals surface area contributed by atoms with E-state index in [2.05, 4.69) is 65.2 Å². The molecule has 2 atom stereocenters. The monoisotopic (exact) mass is 497 g/mol. The molecule has 1 saturated heterocycles. The van der Waals surface area contributed by atoms with E-state index in [-0.39, 0.29) is 18.1 Å². The average Bonchev–Trinajstić information content (AvgIpc) is 3.26. The number of carbonyl (C=O) groups excluding carboxylic acids is 1. The van der Waals surface area contributed by atoms with Crippen molar-refractivity contribution in [2.24, 2.45) is 0 Å². The van der Waals surface area contributed by atoms with E-state index in [0.29, 0.717) is 25.4 Å². The molecule has 0 N–H and O–H groups in total. The maximum atomic E-state index is 13.2. The molecule has 1 aromatic heterocycles. The first kappa shape index (κ1) is 24.3. The number of aromatic nitrogens is 2. The third kappa shape index (κ3) is 5.55. The first-order chi connectivity index (χ1) is 17.6. The Morgan fingerprint density at radius 2 is 1.42 bits per heavy atom. The van der Waals surface area contributed by atoms with Gasteiger partial charge >= 0.3 is 0 Å². The second kappa shape index (κ2) is 11.1. The van der Waals surface area contributed by atoms with Gasteiger partial charge in [-0.2, -0.15) is 0 Å². The standard InChI is InChI=1S/C30H31N3O2S/c1-22-18-32(19-23(2)35-22)27(34)21-36-30-31-28(25-14-8-4-9-15-25)29(26-16-10-5-11-17-26)33(30)20-24-12-6-3-7-13-24/h3-17,22-23H,18-21H2,1-2H3. The zero-order valence-electron chi connectivity index (χ0n) is 20.7. The Labute approximate surface area is 217 Å². The van der Waals surface area contributed by atoms with E-state index >= 15 is 0 Å². The molecule has 184 valence electrons. The van der Waals surface area contributed by atoms with Gasteiger partial charge in [-0.05, 0) is 19.4 Å². The van der Waals surface area contributed by atoms with Crippen LogP contribution in [0.3, 0.4) is 0 Å². The van der Waals surface area contributed by atoms with E-state index in [0.717, 1.165) is 27.7 Å². The van der Waals surface area contributed by atoms with Crippen molar-refractivity contribution in [2.75, 3.05) is 18.8 Å².